The lowest BCUT2D eigenvalue weighted by Crippen LogP contribution is -3.00. The van der Waals surface area contributed by atoms with Crippen LogP contribution in [-0.2, 0) is 0 Å². The second kappa shape index (κ2) is 8.46. The van der Waals surface area contributed by atoms with Crippen LogP contribution in [0, 0.1) is 6.92 Å². The van der Waals surface area contributed by atoms with E-state index < -0.39 is 0 Å². The van der Waals surface area contributed by atoms with Crippen molar-refractivity contribution in [3.63, 3.8) is 0 Å². The van der Waals surface area contributed by atoms with Gasteiger partial charge in [0.05, 0.1) is 18.0 Å². The molecule has 0 fully saturated rings. The highest BCUT2D eigenvalue weighted by Gasteiger charge is 2.27. The Kier molecular flexibility index (Phi) is 6.24. The number of hydrogen-bond acceptors (Lipinski definition) is 4. The van der Waals surface area contributed by atoms with Crippen molar-refractivity contribution in [2.45, 2.75) is 23.9 Å². The Hall–Kier alpha value is -1.83. The highest BCUT2D eigenvalue weighted by atomic mass is 79.9. The molecule has 1 aromatic heterocycles. The molecule has 0 amide bonds. The Balaban J connectivity index is 0.00000210. The molecule has 0 saturated carbocycles. The summed E-state index contributed by atoms with van der Waals surface area (Å²) in [7, 11) is 0. The van der Waals surface area contributed by atoms with Crippen molar-refractivity contribution in [2.24, 2.45) is 0 Å². The molecule has 0 atom stereocenters. The van der Waals surface area contributed by atoms with Gasteiger partial charge in [-0.25, -0.2) is 4.98 Å². The van der Waals surface area contributed by atoms with Crippen molar-refractivity contribution in [3.05, 3.63) is 65.3 Å². The number of rotatable bonds is 4. The number of ether oxygens (including phenoxy) is 1. The summed E-state index contributed by atoms with van der Waals surface area (Å²) < 4.78 is 7.72. The number of aromatic amines is 1. The van der Waals surface area contributed by atoms with Crippen LogP contribution >= 0.6 is 24.4 Å². The largest absolute Gasteiger partial charge is 1.00 e. The van der Waals surface area contributed by atoms with Gasteiger partial charge in [0.25, 0.3) is 0 Å². The van der Waals surface area contributed by atoms with Gasteiger partial charge in [-0.15, -0.1) is 0 Å². The fourth-order valence-electron chi connectivity index (χ4n) is 3.08. The maximum atomic E-state index is 5.60. The Morgan fingerprint density at radius 1 is 1.15 bits per heavy atom. The summed E-state index contributed by atoms with van der Waals surface area (Å²) >= 11 is 6.34. The van der Waals surface area contributed by atoms with Crippen LogP contribution in [0.2, 0.25) is 0 Å². The minimum Gasteiger partial charge on any atom is -1.00 e. The smallest absolute Gasteiger partial charge is 0.318 e. The van der Waals surface area contributed by atoms with Crippen molar-refractivity contribution in [3.8, 4) is 11.4 Å². The lowest BCUT2D eigenvalue weighted by Gasteiger charge is -2.19. The fraction of sp³-hybridized carbons (Fsp3) is 0.150. The van der Waals surface area contributed by atoms with Gasteiger partial charge in [-0.3, -0.25) is 0 Å². The Bertz CT molecular complexity index is 986. The number of nitrogens with one attached hydrogen (secondary N) is 2. The number of imidazole rings is 1. The molecule has 1 aliphatic heterocycles. The lowest BCUT2D eigenvalue weighted by molar-refractivity contribution is -0.637. The van der Waals surface area contributed by atoms with Gasteiger partial charge in [-0.05, 0) is 37.3 Å². The van der Waals surface area contributed by atoms with Gasteiger partial charge >= 0.3 is 5.16 Å². The molecule has 2 heterocycles. The number of nitrogens with zero attached hydrogens (tertiary/aromatic N) is 1. The molecule has 3 aromatic rings. The number of para-hydroxylation sites is 1. The van der Waals surface area contributed by atoms with E-state index in [4.69, 9.17) is 4.74 Å². The summed E-state index contributed by atoms with van der Waals surface area (Å²) in [6.45, 7) is 4.73. The van der Waals surface area contributed by atoms with Gasteiger partial charge in [-0.1, -0.05) is 42.6 Å². The SMILES string of the molecule is CCOc1ccc2c(c1)SC=C(c1c(C)[nH]c(S)[n+]1-c1ccccc1)N2.[Br-]. The van der Waals surface area contributed by atoms with Gasteiger partial charge in [0.15, 0.2) is 5.69 Å². The Morgan fingerprint density at radius 2 is 1.93 bits per heavy atom. The number of aromatic nitrogens is 2. The zero-order valence-corrected chi connectivity index (χ0v) is 18.3. The van der Waals surface area contributed by atoms with Gasteiger partial charge in [0.1, 0.15) is 17.1 Å². The number of fused-ring (bicyclic) bond motifs is 1. The zero-order valence-electron chi connectivity index (χ0n) is 15.0. The summed E-state index contributed by atoms with van der Waals surface area (Å²) in [4.78, 5) is 4.50. The van der Waals surface area contributed by atoms with E-state index >= 15 is 0 Å². The molecule has 0 bridgehead atoms. The van der Waals surface area contributed by atoms with Crippen molar-refractivity contribution in [1.29, 1.82) is 0 Å². The number of H-pyrrole nitrogens is 1. The van der Waals surface area contributed by atoms with Crippen molar-refractivity contribution in [1.82, 2.24) is 4.98 Å². The number of thiol groups is 1. The van der Waals surface area contributed by atoms with Crippen molar-refractivity contribution in [2.75, 3.05) is 11.9 Å². The van der Waals surface area contributed by atoms with Crippen molar-refractivity contribution < 1.29 is 26.3 Å². The monoisotopic (exact) mass is 461 g/mol. The van der Waals surface area contributed by atoms with Gasteiger partial charge in [0, 0.05) is 17.2 Å². The number of thioether (sulfide) groups is 1. The number of anilines is 1. The third-order valence-corrected chi connectivity index (χ3v) is 5.45. The lowest BCUT2D eigenvalue weighted by atomic mass is 10.2. The first-order valence-electron chi connectivity index (χ1n) is 8.47. The normalized spacial score (nSPS) is 12.5. The summed E-state index contributed by atoms with van der Waals surface area (Å²) in [5.41, 5.74) is 5.34. The number of aryl methyl sites for hydroxylation is 1. The van der Waals surface area contributed by atoms with Crippen LogP contribution in [0.1, 0.15) is 18.3 Å². The van der Waals surface area contributed by atoms with E-state index in [-0.39, 0.29) is 17.0 Å². The maximum Gasteiger partial charge on any atom is 0.318 e. The highest BCUT2D eigenvalue weighted by Crippen LogP contribution is 2.39. The number of benzene rings is 2. The zero-order chi connectivity index (χ0) is 18.1. The topological polar surface area (TPSA) is 40.9 Å². The minimum atomic E-state index is 0. The maximum absolute atomic E-state index is 5.60. The second-order valence-electron chi connectivity index (χ2n) is 5.96. The molecule has 1 aliphatic rings. The summed E-state index contributed by atoms with van der Waals surface area (Å²) in [6.07, 6.45) is 0. The van der Waals surface area contributed by atoms with E-state index in [1.54, 1.807) is 11.8 Å². The molecule has 27 heavy (non-hydrogen) atoms. The van der Waals surface area contributed by atoms with E-state index in [1.807, 2.05) is 31.2 Å². The molecule has 2 N–H and O–H groups in total. The van der Waals surface area contributed by atoms with E-state index in [0.29, 0.717) is 6.61 Å². The molecule has 2 aromatic carbocycles. The van der Waals surface area contributed by atoms with E-state index in [0.717, 1.165) is 44.3 Å². The van der Waals surface area contributed by atoms with E-state index in [9.17, 15) is 0 Å². The van der Waals surface area contributed by atoms with Crippen LogP contribution in [0.25, 0.3) is 11.4 Å². The van der Waals surface area contributed by atoms with Crippen LogP contribution in [0.5, 0.6) is 5.75 Å². The molecule has 0 unspecified atom stereocenters. The molecule has 0 spiro atoms. The quantitative estimate of drug-likeness (QED) is 0.409. The van der Waals surface area contributed by atoms with Gasteiger partial charge < -0.3 is 27.0 Å². The average Bonchev–Trinajstić information content (AvgIpc) is 2.96. The third-order valence-electron chi connectivity index (χ3n) is 4.20. The van der Waals surface area contributed by atoms with Crippen LogP contribution in [0.4, 0.5) is 5.69 Å². The molecule has 0 aliphatic carbocycles. The second-order valence-corrected chi connectivity index (χ2v) is 7.29. The highest BCUT2D eigenvalue weighted by molar-refractivity contribution is 8.02. The molecular weight excluding hydrogens is 442 g/mol. The van der Waals surface area contributed by atoms with E-state index in [2.05, 4.69) is 64.1 Å². The fourth-order valence-corrected chi connectivity index (χ4v) is 4.31. The third kappa shape index (κ3) is 3.90. The Morgan fingerprint density at radius 3 is 2.67 bits per heavy atom. The first-order valence-corrected chi connectivity index (χ1v) is 9.80. The summed E-state index contributed by atoms with van der Waals surface area (Å²) in [6, 6.07) is 16.4. The van der Waals surface area contributed by atoms with Gasteiger partial charge in [-0.2, -0.15) is 4.57 Å². The first-order chi connectivity index (χ1) is 12.7. The predicted octanol–water partition coefficient (Wildman–Crippen LogP) is 1.81. The molecular formula is C20H20BrN3OS2. The van der Waals surface area contributed by atoms with Crippen molar-refractivity contribution >= 4 is 35.8 Å². The van der Waals surface area contributed by atoms with Gasteiger partial charge in [0.2, 0.25) is 0 Å². The standard InChI is InChI=1S/C20H19N3OS2.BrH/c1-3-24-15-9-10-16-18(11-15)26-12-17(22-16)19-13(2)21-20(25)23(19)14-7-5-4-6-8-14;/h4-12,22H,3H2,1-2H3,(H,21,25);1H. The number of hydrogen-bond donors (Lipinski definition) is 3. The molecule has 4 nitrogen and oxygen atoms in total. The minimum absolute atomic E-state index is 0. The molecule has 7 heteroatoms. The van der Waals surface area contributed by atoms with Crippen LogP contribution in [0.15, 0.2) is 64.0 Å². The van der Waals surface area contributed by atoms with E-state index in [1.165, 1.54) is 0 Å². The molecule has 4 rings (SSSR count). The summed E-state index contributed by atoms with van der Waals surface area (Å²) in [5, 5.41) is 6.50. The average molecular weight is 462 g/mol. The van der Waals surface area contributed by atoms with Crippen LogP contribution < -0.4 is 31.6 Å². The molecule has 140 valence electrons. The predicted molar refractivity (Wildman–Crippen MR) is 109 cm³/mol. The van der Waals surface area contributed by atoms with Crippen LogP contribution in [-0.4, -0.2) is 11.6 Å². The first kappa shape index (κ1) is 19.9. The Labute approximate surface area is 179 Å². The van der Waals surface area contributed by atoms with Crippen LogP contribution in [0.3, 0.4) is 0 Å². The summed E-state index contributed by atoms with van der Waals surface area (Å²) in [5.74, 6) is 0.896. The molecule has 0 radical (unpaired) electrons. The molecule has 0 saturated heterocycles. The number of halogens is 1.